The molecule has 0 aromatic carbocycles. The van der Waals surface area contributed by atoms with Crippen LogP contribution in [0.5, 0.6) is 0 Å². The van der Waals surface area contributed by atoms with E-state index in [9.17, 15) is 4.79 Å². The van der Waals surface area contributed by atoms with Crippen molar-refractivity contribution in [2.24, 2.45) is 7.05 Å². The van der Waals surface area contributed by atoms with Crippen LogP contribution in [0.2, 0.25) is 0 Å². The number of H-pyrrole nitrogens is 1. The molecule has 6 heterocycles. The Morgan fingerprint density at radius 3 is 2.94 bits per heavy atom. The number of hydrogen-bond donors (Lipinski definition) is 1. The van der Waals surface area contributed by atoms with Crippen LogP contribution < -0.4 is 0 Å². The molecule has 0 spiro atoms. The number of fused-ring (bicyclic) bond motifs is 2. The first kappa shape index (κ1) is 19.3. The lowest BCUT2D eigenvalue weighted by Crippen LogP contribution is -2.41. The summed E-state index contributed by atoms with van der Waals surface area (Å²) in [5.41, 5.74) is 5.08. The van der Waals surface area contributed by atoms with Gasteiger partial charge in [0.05, 0.1) is 40.7 Å². The van der Waals surface area contributed by atoms with Crippen LogP contribution in [0, 0.1) is 0 Å². The van der Waals surface area contributed by atoms with E-state index < -0.39 is 6.04 Å². The summed E-state index contributed by atoms with van der Waals surface area (Å²) < 4.78 is 9.65. The lowest BCUT2D eigenvalue weighted by Gasteiger charge is -2.33. The minimum Gasteiger partial charge on any atom is -0.430 e. The molecule has 1 saturated carbocycles. The Morgan fingerprint density at radius 1 is 1.24 bits per heavy atom. The van der Waals surface area contributed by atoms with Crippen molar-refractivity contribution < 1.29 is 9.21 Å². The van der Waals surface area contributed by atoms with Crippen LogP contribution in [0.3, 0.4) is 0 Å². The smallest absolute Gasteiger partial charge is 0.292 e. The highest BCUT2D eigenvalue weighted by molar-refractivity contribution is 5.94. The second-order valence-electron chi connectivity index (χ2n) is 8.97. The van der Waals surface area contributed by atoms with Crippen LogP contribution in [0.25, 0.3) is 17.0 Å². The van der Waals surface area contributed by atoms with Crippen molar-refractivity contribution >= 4 is 11.4 Å². The number of nitrogens with zero attached hydrogens (tertiary/aromatic N) is 7. The highest BCUT2D eigenvalue weighted by Gasteiger charge is 2.41. The molecule has 170 valence electrons. The summed E-state index contributed by atoms with van der Waals surface area (Å²) in [6, 6.07) is 7.50. The van der Waals surface area contributed by atoms with E-state index in [-0.39, 0.29) is 11.8 Å². The molecule has 1 N–H and O–H groups in total. The summed E-state index contributed by atoms with van der Waals surface area (Å²) >= 11 is 0. The molecule has 1 aliphatic heterocycles. The van der Waals surface area contributed by atoms with Crippen LogP contribution in [0.15, 0.2) is 53.6 Å². The largest absolute Gasteiger partial charge is 0.430 e. The summed E-state index contributed by atoms with van der Waals surface area (Å²) in [4.78, 5) is 28.4. The number of pyridine rings is 1. The fourth-order valence-electron chi connectivity index (χ4n) is 4.79. The molecule has 1 aliphatic carbocycles. The first-order valence-electron chi connectivity index (χ1n) is 11.4. The fourth-order valence-corrected chi connectivity index (χ4v) is 4.79. The molecule has 1 unspecified atom stereocenters. The molecule has 5 aromatic heterocycles. The van der Waals surface area contributed by atoms with Gasteiger partial charge in [-0.05, 0) is 31.0 Å². The molecule has 1 atom stereocenters. The number of aryl methyl sites for hydroxylation is 1. The van der Waals surface area contributed by atoms with Crippen molar-refractivity contribution in [2.75, 3.05) is 6.54 Å². The average molecular weight is 454 g/mol. The van der Waals surface area contributed by atoms with Crippen LogP contribution in [-0.2, 0) is 13.5 Å². The number of nitrogens with one attached hydrogen (secondary N) is 1. The van der Waals surface area contributed by atoms with Gasteiger partial charge in [0, 0.05) is 44.0 Å². The molecule has 1 fully saturated rings. The Hall–Kier alpha value is -4.21. The number of hydrogen-bond acceptors (Lipinski definition) is 6. The van der Waals surface area contributed by atoms with Gasteiger partial charge in [-0.1, -0.05) is 6.07 Å². The normalized spacial score (nSPS) is 17.9. The van der Waals surface area contributed by atoms with Gasteiger partial charge in [0.2, 0.25) is 11.7 Å². The minimum atomic E-state index is -0.415. The second-order valence-corrected chi connectivity index (χ2v) is 8.97. The molecule has 34 heavy (non-hydrogen) atoms. The number of oxazole rings is 1. The zero-order valence-electron chi connectivity index (χ0n) is 18.5. The zero-order chi connectivity index (χ0) is 22.8. The standard InChI is InChI=1S/C24H22N8O2/c1-30-12-15(11-27-30)23-28-19(14-5-6-14)22(34-23)24(33)31-9-7-17-20(26-13-25-17)21(31)18-10-16-4-2-3-8-32(16)29-18/h2-4,8,10-14,21H,5-7,9H2,1H3,(H,25,26). The second kappa shape index (κ2) is 7.14. The van der Waals surface area contributed by atoms with Crippen molar-refractivity contribution in [3.8, 4) is 11.5 Å². The van der Waals surface area contributed by atoms with Crippen molar-refractivity contribution in [1.82, 2.24) is 39.2 Å². The minimum absolute atomic E-state index is 0.180. The quantitative estimate of drug-likeness (QED) is 0.447. The van der Waals surface area contributed by atoms with Gasteiger partial charge >= 0.3 is 0 Å². The molecule has 2 aliphatic rings. The van der Waals surface area contributed by atoms with E-state index in [1.165, 1.54) is 0 Å². The van der Waals surface area contributed by atoms with Gasteiger partial charge in [-0.2, -0.15) is 10.2 Å². The maximum atomic E-state index is 14.0. The van der Waals surface area contributed by atoms with E-state index >= 15 is 0 Å². The highest BCUT2D eigenvalue weighted by atomic mass is 16.4. The molecule has 1 amide bonds. The Kier molecular flexibility index (Phi) is 4.05. The Bertz CT molecular complexity index is 1500. The van der Waals surface area contributed by atoms with E-state index in [0.29, 0.717) is 24.6 Å². The van der Waals surface area contributed by atoms with E-state index in [1.54, 1.807) is 17.2 Å². The summed E-state index contributed by atoms with van der Waals surface area (Å²) in [5, 5.41) is 9.00. The number of carbonyl (C=O) groups excluding carboxylic acids is 1. The van der Waals surface area contributed by atoms with Gasteiger partial charge in [0.15, 0.2) is 0 Å². The van der Waals surface area contributed by atoms with Crippen LogP contribution >= 0.6 is 0 Å². The van der Waals surface area contributed by atoms with Crippen LogP contribution in [-0.4, -0.2) is 51.7 Å². The van der Waals surface area contributed by atoms with Gasteiger partial charge in [-0.15, -0.1) is 0 Å². The zero-order valence-corrected chi connectivity index (χ0v) is 18.5. The molecular formula is C24H22N8O2. The Morgan fingerprint density at radius 2 is 2.15 bits per heavy atom. The number of rotatable bonds is 4. The Labute approximate surface area is 194 Å². The number of aromatic nitrogens is 7. The van der Waals surface area contributed by atoms with Crippen molar-refractivity contribution in [3.63, 3.8) is 0 Å². The fraction of sp³-hybridized carbons (Fsp3) is 0.292. The average Bonchev–Trinajstić information content (AvgIpc) is 3.24. The lowest BCUT2D eigenvalue weighted by atomic mass is 9.99. The molecule has 10 heteroatoms. The highest BCUT2D eigenvalue weighted by Crippen LogP contribution is 2.44. The van der Waals surface area contributed by atoms with Gasteiger partial charge in [-0.3, -0.25) is 9.48 Å². The number of carbonyl (C=O) groups is 1. The number of aromatic amines is 1. The molecule has 0 radical (unpaired) electrons. The first-order valence-corrected chi connectivity index (χ1v) is 11.4. The number of imidazole rings is 1. The van der Waals surface area contributed by atoms with Gasteiger partial charge in [-0.25, -0.2) is 14.5 Å². The number of amides is 1. The third-order valence-corrected chi connectivity index (χ3v) is 6.62. The van der Waals surface area contributed by atoms with Crippen molar-refractivity contribution in [2.45, 2.75) is 31.2 Å². The van der Waals surface area contributed by atoms with Crippen molar-refractivity contribution in [3.05, 3.63) is 77.7 Å². The van der Waals surface area contributed by atoms with Crippen molar-refractivity contribution in [1.29, 1.82) is 0 Å². The summed E-state index contributed by atoms with van der Waals surface area (Å²) in [6.45, 7) is 0.527. The third kappa shape index (κ3) is 2.98. The van der Waals surface area contributed by atoms with Gasteiger partial charge < -0.3 is 14.3 Å². The lowest BCUT2D eigenvalue weighted by molar-refractivity contribution is 0.0653. The monoisotopic (exact) mass is 454 g/mol. The van der Waals surface area contributed by atoms with Gasteiger partial charge in [0.1, 0.15) is 6.04 Å². The first-order chi connectivity index (χ1) is 16.7. The third-order valence-electron chi connectivity index (χ3n) is 6.62. The predicted octanol–water partition coefficient (Wildman–Crippen LogP) is 3.11. The van der Waals surface area contributed by atoms with E-state index in [1.807, 2.05) is 53.1 Å². The summed E-state index contributed by atoms with van der Waals surface area (Å²) in [6.07, 6.45) is 9.85. The molecular weight excluding hydrogens is 432 g/mol. The van der Waals surface area contributed by atoms with Crippen LogP contribution in [0.1, 0.15) is 58.1 Å². The van der Waals surface area contributed by atoms with Crippen LogP contribution in [0.4, 0.5) is 0 Å². The molecule has 0 saturated heterocycles. The Balaban J connectivity index is 1.33. The topological polar surface area (TPSA) is 110 Å². The van der Waals surface area contributed by atoms with E-state index in [4.69, 9.17) is 14.5 Å². The maximum absolute atomic E-state index is 14.0. The van der Waals surface area contributed by atoms with E-state index in [0.717, 1.165) is 46.7 Å². The SMILES string of the molecule is Cn1cc(-c2nc(C3CC3)c(C(=O)N3CCc4[nH]cnc4C3c3cc4ccccn4n3)o2)cn1. The summed E-state index contributed by atoms with van der Waals surface area (Å²) in [7, 11) is 1.84. The molecule has 7 rings (SSSR count). The molecule has 10 nitrogen and oxygen atoms in total. The molecule has 0 bridgehead atoms. The predicted molar refractivity (Wildman–Crippen MR) is 121 cm³/mol. The van der Waals surface area contributed by atoms with Gasteiger partial charge in [0.25, 0.3) is 5.91 Å². The van der Waals surface area contributed by atoms with E-state index in [2.05, 4.69) is 15.1 Å². The molecule has 5 aromatic rings. The maximum Gasteiger partial charge on any atom is 0.292 e. The summed E-state index contributed by atoms with van der Waals surface area (Å²) in [5.74, 6) is 0.821.